The zero-order valence-corrected chi connectivity index (χ0v) is 11.9. The Labute approximate surface area is 122 Å². The molecule has 1 saturated heterocycles. The highest BCUT2D eigenvalue weighted by molar-refractivity contribution is 6.31. The van der Waals surface area contributed by atoms with E-state index in [0.717, 1.165) is 6.42 Å². The Morgan fingerprint density at radius 2 is 2.30 bits per heavy atom. The number of benzene rings is 1. The van der Waals surface area contributed by atoms with Gasteiger partial charge in [-0.05, 0) is 38.0 Å². The molecule has 20 heavy (non-hydrogen) atoms. The summed E-state index contributed by atoms with van der Waals surface area (Å²) in [5.74, 6) is -1.98. The molecule has 5 heteroatoms. The van der Waals surface area contributed by atoms with Gasteiger partial charge in [0.2, 0.25) is 5.91 Å². The van der Waals surface area contributed by atoms with Crippen LogP contribution in [0.5, 0.6) is 0 Å². The van der Waals surface area contributed by atoms with Gasteiger partial charge in [-0.3, -0.25) is 9.59 Å². The van der Waals surface area contributed by atoms with Crippen molar-refractivity contribution in [2.24, 2.45) is 11.8 Å². The average molecular weight is 291 g/mol. The van der Waals surface area contributed by atoms with Crippen LogP contribution in [0.15, 0.2) is 24.3 Å². The SMILES string of the molecule is CC(C#N)C(=O)C1CCCN(c2cccc(Cl)c2)C1=O. The van der Waals surface area contributed by atoms with Gasteiger partial charge in [0.05, 0.1) is 12.0 Å². The fourth-order valence-electron chi connectivity index (χ4n) is 2.41. The number of piperidine rings is 1. The summed E-state index contributed by atoms with van der Waals surface area (Å²) in [6.45, 7) is 2.11. The first-order valence-electron chi connectivity index (χ1n) is 6.55. The number of hydrogen-bond donors (Lipinski definition) is 0. The highest BCUT2D eigenvalue weighted by Gasteiger charge is 2.36. The van der Waals surface area contributed by atoms with Gasteiger partial charge in [0.25, 0.3) is 0 Å². The number of amides is 1. The van der Waals surface area contributed by atoms with E-state index >= 15 is 0 Å². The van der Waals surface area contributed by atoms with Gasteiger partial charge in [0.15, 0.2) is 5.78 Å². The number of nitrogens with zero attached hydrogens (tertiary/aromatic N) is 2. The fourth-order valence-corrected chi connectivity index (χ4v) is 2.59. The Bertz CT molecular complexity index is 579. The summed E-state index contributed by atoms with van der Waals surface area (Å²) in [5.41, 5.74) is 0.699. The molecule has 104 valence electrons. The number of carbonyl (C=O) groups excluding carboxylic acids is 2. The first-order valence-corrected chi connectivity index (χ1v) is 6.92. The summed E-state index contributed by atoms with van der Waals surface area (Å²) in [6.07, 6.45) is 1.26. The number of halogens is 1. The van der Waals surface area contributed by atoms with Gasteiger partial charge in [0, 0.05) is 17.3 Å². The van der Waals surface area contributed by atoms with E-state index < -0.39 is 11.8 Å². The molecule has 1 heterocycles. The average Bonchev–Trinajstić information content (AvgIpc) is 2.46. The van der Waals surface area contributed by atoms with Gasteiger partial charge < -0.3 is 4.90 Å². The minimum Gasteiger partial charge on any atom is -0.312 e. The van der Waals surface area contributed by atoms with Crippen LogP contribution in [0, 0.1) is 23.2 Å². The largest absolute Gasteiger partial charge is 0.312 e. The topological polar surface area (TPSA) is 61.2 Å². The van der Waals surface area contributed by atoms with Crippen LogP contribution in [0.3, 0.4) is 0 Å². The van der Waals surface area contributed by atoms with E-state index in [0.29, 0.717) is 23.7 Å². The van der Waals surface area contributed by atoms with Crippen molar-refractivity contribution in [1.29, 1.82) is 5.26 Å². The molecule has 0 spiro atoms. The minimum atomic E-state index is -0.747. The summed E-state index contributed by atoms with van der Waals surface area (Å²) in [6, 6.07) is 8.92. The van der Waals surface area contributed by atoms with Crippen LogP contribution in [0.1, 0.15) is 19.8 Å². The zero-order valence-electron chi connectivity index (χ0n) is 11.2. The van der Waals surface area contributed by atoms with Gasteiger partial charge in [-0.15, -0.1) is 0 Å². The lowest BCUT2D eigenvalue weighted by atomic mass is 9.87. The summed E-state index contributed by atoms with van der Waals surface area (Å²) in [4.78, 5) is 26.1. The molecule has 1 aliphatic heterocycles. The molecular formula is C15H15ClN2O2. The fraction of sp³-hybridized carbons (Fsp3) is 0.400. The van der Waals surface area contributed by atoms with Crippen molar-refractivity contribution in [1.82, 2.24) is 0 Å². The van der Waals surface area contributed by atoms with Crippen molar-refractivity contribution in [2.45, 2.75) is 19.8 Å². The number of anilines is 1. The number of rotatable bonds is 3. The summed E-state index contributed by atoms with van der Waals surface area (Å²) in [7, 11) is 0. The quantitative estimate of drug-likeness (QED) is 0.804. The summed E-state index contributed by atoms with van der Waals surface area (Å²) in [5, 5.41) is 9.38. The lowest BCUT2D eigenvalue weighted by molar-refractivity contribution is -0.135. The molecule has 0 saturated carbocycles. The van der Waals surface area contributed by atoms with Crippen LogP contribution in [0.2, 0.25) is 5.02 Å². The maximum Gasteiger partial charge on any atom is 0.237 e. The van der Waals surface area contributed by atoms with Crippen molar-refractivity contribution in [3.8, 4) is 6.07 Å². The normalized spacial score (nSPS) is 20.4. The molecule has 0 bridgehead atoms. The van der Waals surface area contributed by atoms with Crippen molar-refractivity contribution in [2.75, 3.05) is 11.4 Å². The van der Waals surface area contributed by atoms with E-state index in [1.54, 1.807) is 29.2 Å². The van der Waals surface area contributed by atoms with Crippen LogP contribution in [0.4, 0.5) is 5.69 Å². The van der Waals surface area contributed by atoms with Gasteiger partial charge in [-0.2, -0.15) is 5.26 Å². The first kappa shape index (κ1) is 14.5. The van der Waals surface area contributed by atoms with Crippen molar-refractivity contribution >= 4 is 29.0 Å². The Kier molecular flexibility index (Phi) is 4.41. The van der Waals surface area contributed by atoms with E-state index in [1.807, 2.05) is 6.07 Å². The summed E-state index contributed by atoms with van der Waals surface area (Å²) < 4.78 is 0. The molecular weight excluding hydrogens is 276 g/mol. The Morgan fingerprint density at radius 3 is 2.95 bits per heavy atom. The third-order valence-corrected chi connectivity index (χ3v) is 3.76. The Balaban J connectivity index is 2.23. The van der Waals surface area contributed by atoms with Gasteiger partial charge >= 0.3 is 0 Å². The second kappa shape index (κ2) is 6.06. The third kappa shape index (κ3) is 2.83. The predicted molar refractivity (Wildman–Crippen MR) is 76.3 cm³/mol. The highest BCUT2D eigenvalue weighted by Crippen LogP contribution is 2.28. The number of ketones is 1. The number of hydrogen-bond acceptors (Lipinski definition) is 3. The van der Waals surface area contributed by atoms with Crippen LogP contribution in [-0.2, 0) is 9.59 Å². The van der Waals surface area contributed by atoms with E-state index in [2.05, 4.69) is 0 Å². The molecule has 1 aromatic carbocycles. The minimum absolute atomic E-state index is 0.231. The predicted octanol–water partition coefficient (Wildman–Crippen LogP) is 2.81. The van der Waals surface area contributed by atoms with E-state index in [-0.39, 0.29) is 11.7 Å². The molecule has 0 aliphatic carbocycles. The van der Waals surface area contributed by atoms with Crippen LogP contribution >= 0.6 is 11.6 Å². The monoisotopic (exact) mass is 290 g/mol. The van der Waals surface area contributed by atoms with Crippen molar-refractivity contribution < 1.29 is 9.59 Å². The smallest absolute Gasteiger partial charge is 0.237 e. The van der Waals surface area contributed by atoms with Crippen molar-refractivity contribution in [3.05, 3.63) is 29.3 Å². The van der Waals surface area contributed by atoms with E-state index in [4.69, 9.17) is 16.9 Å². The molecule has 2 atom stereocenters. The number of nitriles is 1. The molecule has 4 nitrogen and oxygen atoms in total. The standard InChI is InChI=1S/C15H15ClN2O2/c1-10(9-17)14(19)13-6-3-7-18(15(13)20)12-5-2-4-11(16)8-12/h2,4-5,8,10,13H,3,6-7H2,1H3. The lowest BCUT2D eigenvalue weighted by Gasteiger charge is -2.32. The van der Waals surface area contributed by atoms with Gasteiger partial charge in [0.1, 0.15) is 5.92 Å². The molecule has 2 unspecified atom stereocenters. The van der Waals surface area contributed by atoms with E-state index in [9.17, 15) is 9.59 Å². The highest BCUT2D eigenvalue weighted by atomic mass is 35.5. The molecule has 1 aromatic rings. The first-order chi connectivity index (χ1) is 9.54. The van der Waals surface area contributed by atoms with E-state index in [1.165, 1.54) is 6.92 Å². The second-order valence-corrected chi connectivity index (χ2v) is 5.35. The van der Waals surface area contributed by atoms with Crippen LogP contribution < -0.4 is 4.90 Å². The zero-order chi connectivity index (χ0) is 14.7. The molecule has 1 amide bonds. The Morgan fingerprint density at radius 1 is 1.55 bits per heavy atom. The molecule has 0 aromatic heterocycles. The number of Topliss-reactive ketones (excluding diaryl/α,β-unsaturated/α-hetero) is 1. The van der Waals surface area contributed by atoms with Crippen LogP contribution in [0.25, 0.3) is 0 Å². The number of carbonyl (C=O) groups is 2. The Hall–Kier alpha value is -1.86. The second-order valence-electron chi connectivity index (χ2n) is 4.92. The molecule has 1 aliphatic rings. The lowest BCUT2D eigenvalue weighted by Crippen LogP contribution is -2.45. The molecule has 0 N–H and O–H groups in total. The molecule has 1 fully saturated rings. The maximum atomic E-state index is 12.5. The van der Waals surface area contributed by atoms with Crippen LogP contribution in [-0.4, -0.2) is 18.2 Å². The third-order valence-electron chi connectivity index (χ3n) is 3.52. The molecule has 2 rings (SSSR count). The molecule has 0 radical (unpaired) electrons. The van der Waals surface area contributed by atoms with Gasteiger partial charge in [-0.1, -0.05) is 17.7 Å². The maximum absolute atomic E-state index is 12.5. The summed E-state index contributed by atoms with van der Waals surface area (Å²) >= 11 is 5.94. The van der Waals surface area contributed by atoms with Crippen molar-refractivity contribution in [3.63, 3.8) is 0 Å². The van der Waals surface area contributed by atoms with Gasteiger partial charge in [-0.25, -0.2) is 0 Å².